The van der Waals surface area contributed by atoms with Crippen molar-refractivity contribution in [1.82, 2.24) is 9.55 Å². The highest BCUT2D eigenvalue weighted by atomic mass is 16.5. The number of aromatic nitrogens is 2. The number of benzene rings is 1. The molecule has 0 fully saturated rings. The molecule has 0 aliphatic heterocycles. The van der Waals surface area contributed by atoms with Gasteiger partial charge in [-0.15, -0.1) is 0 Å². The number of phenols is 1. The highest BCUT2D eigenvalue weighted by Gasteiger charge is 2.18. The van der Waals surface area contributed by atoms with E-state index in [1.807, 2.05) is 12.1 Å². The Hall–Kier alpha value is -2.50. The topological polar surface area (TPSA) is 90.4 Å². The molecule has 1 aromatic heterocycles. The molecular formula is C14H17N3O3. The van der Waals surface area contributed by atoms with Crippen molar-refractivity contribution in [3.63, 3.8) is 0 Å². The third kappa shape index (κ3) is 2.74. The molecule has 6 nitrogen and oxygen atoms in total. The van der Waals surface area contributed by atoms with Gasteiger partial charge in [0, 0.05) is 6.54 Å². The van der Waals surface area contributed by atoms with Gasteiger partial charge < -0.3 is 20.1 Å². The van der Waals surface area contributed by atoms with Crippen molar-refractivity contribution in [1.29, 1.82) is 0 Å². The first-order valence-corrected chi connectivity index (χ1v) is 6.21. The standard InChI is InChI=1S/C14H17N3O3/c1-9-16-12(14(19)20-2)13(15)17(9)8-7-10-3-5-11(18)6-4-10/h3-6,18H,7-8,15H2,1-2H3. The molecule has 3 N–H and O–H groups in total. The van der Waals surface area contributed by atoms with Crippen molar-refractivity contribution in [2.24, 2.45) is 0 Å². The summed E-state index contributed by atoms with van der Waals surface area (Å²) in [5.74, 6) is 0.684. The number of phenolic OH excluding ortho intramolecular Hbond substituents is 1. The number of aromatic hydroxyl groups is 1. The molecule has 0 amide bonds. The number of rotatable bonds is 4. The number of hydrogen-bond donors (Lipinski definition) is 2. The van der Waals surface area contributed by atoms with Crippen LogP contribution in [0.5, 0.6) is 5.75 Å². The van der Waals surface area contributed by atoms with Gasteiger partial charge in [0.2, 0.25) is 0 Å². The molecule has 0 bridgehead atoms. The molecule has 2 aromatic rings. The maximum Gasteiger partial charge on any atom is 0.360 e. The Morgan fingerprint density at radius 3 is 2.65 bits per heavy atom. The lowest BCUT2D eigenvalue weighted by atomic mass is 10.1. The number of aryl methyl sites for hydroxylation is 2. The Bertz CT molecular complexity index is 617. The Balaban J connectivity index is 2.15. The van der Waals surface area contributed by atoms with Crippen LogP contribution in [0.15, 0.2) is 24.3 Å². The van der Waals surface area contributed by atoms with Crippen LogP contribution in [0.2, 0.25) is 0 Å². The van der Waals surface area contributed by atoms with E-state index in [0.717, 1.165) is 12.0 Å². The minimum absolute atomic E-state index is 0.149. The summed E-state index contributed by atoms with van der Waals surface area (Å²) in [4.78, 5) is 15.6. The summed E-state index contributed by atoms with van der Waals surface area (Å²) in [6.07, 6.45) is 0.724. The average Bonchev–Trinajstić information content (AvgIpc) is 2.73. The minimum atomic E-state index is -0.533. The first-order chi connectivity index (χ1) is 9.52. The molecule has 0 saturated heterocycles. The maximum absolute atomic E-state index is 11.5. The molecule has 20 heavy (non-hydrogen) atoms. The van der Waals surface area contributed by atoms with Gasteiger partial charge in [0.25, 0.3) is 0 Å². The van der Waals surface area contributed by atoms with Gasteiger partial charge in [0.1, 0.15) is 17.4 Å². The van der Waals surface area contributed by atoms with Crippen LogP contribution in [0.3, 0.4) is 0 Å². The highest BCUT2D eigenvalue weighted by Crippen LogP contribution is 2.17. The van der Waals surface area contributed by atoms with E-state index < -0.39 is 5.97 Å². The predicted molar refractivity (Wildman–Crippen MR) is 74.5 cm³/mol. The van der Waals surface area contributed by atoms with Gasteiger partial charge >= 0.3 is 5.97 Å². The molecule has 1 heterocycles. The first-order valence-electron chi connectivity index (χ1n) is 6.21. The smallest absolute Gasteiger partial charge is 0.360 e. The van der Waals surface area contributed by atoms with Gasteiger partial charge in [-0.3, -0.25) is 0 Å². The molecule has 6 heteroatoms. The van der Waals surface area contributed by atoms with E-state index in [0.29, 0.717) is 18.2 Å². The van der Waals surface area contributed by atoms with Gasteiger partial charge in [-0.2, -0.15) is 0 Å². The van der Waals surface area contributed by atoms with Gasteiger partial charge in [0.15, 0.2) is 5.69 Å². The Kier molecular flexibility index (Phi) is 3.93. The summed E-state index contributed by atoms with van der Waals surface area (Å²) >= 11 is 0. The molecule has 0 atom stereocenters. The van der Waals surface area contributed by atoms with E-state index in [9.17, 15) is 9.90 Å². The van der Waals surface area contributed by atoms with Crippen LogP contribution in [0, 0.1) is 6.92 Å². The van der Waals surface area contributed by atoms with Crippen molar-refractivity contribution in [2.45, 2.75) is 19.9 Å². The average molecular weight is 275 g/mol. The van der Waals surface area contributed by atoms with Crippen molar-refractivity contribution < 1.29 is 14.6 Å². The first kappa shape index (κ1) is 13.9. The highest BCUT2D eigenvalue weighted by molar-refractivity contribution is 5.92. The zero-order valence-electron chi connectivity index (χ0n) is 11.5. The largest absolute Gasteiger partial charge is 0.508 e. The number of esters is 1. The van der Waals surface area contributed by atoms with Crippen molar-refractivity contribution in [3.05, 3.63) is 41.3 Å². The zero-order valence-corrected chi connectivity index (χ0v) is 11.5. The molecule has 0 spiro atoms. The number of carbonyl (C=O) groups is 1. The van der Waals surface area contributed by atoms with Gasteiger partial charge in [-0.25, -0.2) is 9.78 Å². The van der Waals surface area contributed by atoms with E-state index >= 15 is 0 Å². The van der Waals surface area contributed by atoms with Crippen molar-refractivity contribution >= 4 is 11.8 Å². The zero-order chi connectivity index (χ0) is 14.7. The van der Waals surface area contributed by atoms with Crippen molar-refractivity contribution in [2.75, 3.05) is 12.8 Å². The molecule has 0 aliphatic rings. The van der Waals surface area contributed by atoms with E-state index in [2.05, 4.69) is 9.72 Å². The molecular weight excluding hydrogens is 258 g/mol. The lowest BCUT2D eigenvalue weighted by molar-refractivity contribution is 0.0595. The number of carbonyl (C=O) groups excluding carboxylic acids is 1. The molecule has 0 saturated carbocycles. The minimum Gasteiger partial charge on any atom is -0.508 e. The normalized spacial score (nSPS) is 10.5. The van der Waals surface area contributed by atoms with Gasteiger partial charge in [-0.05, 0) is 31.0 Å². The van der Waals surface area contributed by atoms with Crippen LogP contribution in [-0.2, 0) is 17.7 Å². The summed E-state index contributed by atoms with van der Waals surface area (Å²) in [6.45, 7) is 2.39. The Labute approximate surface area is 116 Å². The van der Waals surface area contributed by atoms with Crippen molar-refractivity contribution in [3.8, 4) is 5.75 Å². The molecule has 0 unspecified atom stereocenters. The number of nitrogens with zero attached hydrogens (tertiary/aromatic N) is 2. The molecule has 2 rings (SSSR count). The van der Waals surface area contributed by atoms with E-state index in [-0.39, 0.29) is 11.4 Å². The number of hydrogen-bond acceptors (Lipinski definition) is 5. The number of ether oxygens (including phenoxy) is 1. The Morgan fingerprint density at radius 1 is 1.40 bits per heavy atom. The summed E-state index contributed by atoms with van der Waals surface area (Å²) in [6, 6.07) is 6.97. The molecule has 0 radical (unpaired) electrons. The monoisotopic (exact) mass is 275 g/mol. The third-order valence-corrected chi connectivity index (χ3v) is 3.14. The third-order valence-electron chi connectivity index (χ3n) is 3.14. The van der Waals surface area contributed by atoms with Gasteiger partial charge in [0.05, 0.1) is 7.11 Å². The van der Waals surface area contributed by atoms with Crippen LogP contribution >= 0.6 is 0 Å². The maximum atomic E-state index is 11.5. The second kappa shape index (κ2) is 5.64. The van der Waals surface area contributed by atoms with Crippen LogP contribution in [0.25, 0.3) is 0 Å². The quantitative estimate of drug-likeness (QED) is 0.825. The lowest BCUT2D eigenvalue weighted by Crippen LogP contribution is -2.10. The number of nitrogen functional groups attached to an aromatic ring is 1. The fraction of sp³-hybridized carbons (Fsp3) is 0.286. The summed E-state index contributed by atoms with van der Waals surface area (Å²) in [7, 11) is 1.30. The SMILES string of the molecule is COC(=O)c1nc(C)n(CCc2ccc(O)cc2)c1N. The number of nitrogens with two attached hydrogens (primary N) is 1. The molecule has 0 aliphatic carbocycles. The second-order valence-electron chi connectivity index (χ2n) is 4.45. The van der Waals surface area contributed by atoms with Crippen LogP contribution in [0.4, 0.5) is 5.82 Å². The fourth-order valence-electron chi connectivity index (χ4n) is 2.01. The summed E-state index contributed by atoms with van der Waals surface area (Å²) in [5.41, 5.74) is 7.14. The Morgan fingerprint density at radius 2 is 2.05 bits per heavy atom. The van der Waals surface area contributed by atoms with Crippen LogP contribution in [-0.4, -0.2) is 27.7 Å². The van der Waals surface area contributed by atoms with E-state index in [1.165, 1.54) is 7.11 Å². The van der Waals surface area contributed by atoms with Crippen LogP contribution in [0.1, 0.15) is 21.9 Å². The lowest BCUT2D eigenvalue weighted by Gasteiger charge is -2.08. The molecule has 106 valence electrons. The molecule has 1 aromatic carbocycles. The number of methoxy groups -OCH3 is 1. The van der Waals surface area contributed by atoms with Crippen LogP contribution < -0.4 is 5.73 Å². The van der Waals surface area contributed by atoms with E-state index in [1.54, 1.807) is 23.6 Å². The van der Waals surface area contributed by atoms with E-state index in [4.69, 9.17) is 5.73 Å². The second-order valence-corrected chi connectivity index (χ2v) is 4.45. The summed E-state index contributed by atoms with van der Waals surface area (Å²) in [5, 5.41) is 9.24. The number of anilines is 1. The van der Waals surface area contributed by atoms with Gasteiger partial charge in [-0.1, -0.05) is 12.1 Å². The number of imidazole rings is 1. The predicted octanol–water partition coefficient (Wildman–Crippen LogP) is 1.51. The summed E-state index contributed by atoms with van der Waals surface area (Å²) < 4.78 is 6.42. The fourth-order valence-corrected chi connectivity index (χ4v) is 2.01.